The van der Waals surface area contributed by atoms with E-state index in [0.29, 0.717) is 36.7 Å². The molecule has 1 aromatic heterocycles. The normalized spacial score (nSPS) is 15.3. The number of likely N-dealkylation sites (tertiary alicyclic amines) is 1. The highest BCUT2D eigenvalue weighted by Gasteiger charge is 2.24. The van der Waals surface area contributed by atoms with Gasteiger partial charge in [-0.1, -0.05) is 26.0 Å². The number of aromatic nitrogens is 1. The number of hydrogen-bond acceptors (Lipinski definition) is 5. The minimum absolute atomic E-state index is 0.0209. The molecule has 6 heteroatoms. The lowest BCUT2D eigenvalue weighted by Gasteiger charge is -2.30. The van der Waals surface area contributed by atoms with Crippen LogP contribution in [0.15, 0.2) is 34.9 Å². The van der Waals surface area contributed by atoms with Crippen molar-refractivity contribution in [2.24, 2.45) is 5.92 Å². The molecule has 2 heterocycles. The highest BCUT2D eigenvalue weighted by molar-refractivity contribution is 5.92. The topological polar surface area (TPSA) is 58.8 Å². The number of hydrogen-bond donors (Lipinski definition) is 0. The predicted octanol–water partition coefficient (Wildman–Crippen LogP) is 4.36. The van der Waals surface area contributed by atoms with Gasteiger partial charge >= 0.3 is 0 Å². The Morgan fingerprint density at radius 2 is 1.86 bits per heavy atom. The molecular formula is C23H33N3O3. The van der Waals surface area contributed by atoms with Gasteiger partial charge < -0.3 is 14.1 Å². The lowest BCUT2D eigenvalue weighted by atomic mass is 10.0. The largest absolute Gasteiger partial charge is 0.494 e. The van der Waals surface area contributed by atoms with E-state index < -0.39 is 0 Å². The fourth-order valence-corrected chi connectivity index (χ4v) is 3.60. The van der Waals surface area contributed by atoms with Gasteiger partial charge in [0.15, 0.2) is 5.69 Å². The first-order chi connectivity index (χ1) is 14.0. The first-order valence-electron chi connectivity index (χ1n) is 10.7. The van der Waals surface area contributed by atoms with E-state index in [9.17, 15) is 4.79 Å². The van der Waals surface area contributed by atoms with E-state index in [0.717, 1.165) is 38.2 Å². The lowest BCUT2D eigenvalue weighted by Crippen LogP contribution is -2.36. The Labute approximate surface area is 173 Å². The van der Waals surface area contributed by atoms with E-state index in [1.165, 1.54) is 11.8 Å². The number of oxazole rings is 1. The molecule has 0 saturated carbocycles. The quantitative estimate of drug-likeness (QED) is 0.627. The van der Waals surface area contributed by atoms with E-state index in [4.69, 9.17) is 9.15 Å². The van der Waals surface area contributed by atoms with Crippen LogP contribution in [0.5, 0.6) is 5.75 Å². The Balaban J connectivity index is 1.69. The minimum Gasteiger partial charge on any atom is -0.494 e. The molecule has 0 spiro atoms. The van der Waals surface area contributed by atoms with Gasteiger partial charge in [-0.25, -0.2) is 4.98 Å². The van der Waals surface area contributed by atoms with Gasteiger partial charge in [-0.05, 0) is 50.3 Å². The molecule has 6 nitrogen and oxygen atoms in total. The number of rotatable bonds is 9. The zero-order valence-corrected chi connectivity index (χ0v) is 18.1. The van der Waals surface area contributed by atoms with Gasteiger partial charge in [0.05, 0.1) is 13.2 Å². The summed E-state index contributed by atoms with van der Waals surface area (Å²) in [4.78, 5) is 21.2. The maximum Gasteiger partial charge on any atom is 0.275 e. The Hall–Kier alpha value is -2.34. The van der Waals surface area contributed by atoms with E-state index >= 15 is 0 Å². The molecule has 1 saturated heterocycles. The SMILES string of the molecule is CCOc1ccc(CN(Cc2nc(C(=O)N3CCCC3)co2)[C@H](C)C(C)C)cc1. The number of carbonyl (C=O) groups is 1. The van der Waals surface area contributed by atoms with Gasteiger partial charge in [-0.3, -0.25) is 9.69 Å². The molecule has 1 atom stereocenters. The van der Waals surface area contributed by atoms with Gasteiger partial charge in [0.25, 0.3) is 5.91 Å². The summed E-state index contributed by atoms with van der Waals surface area (Å²) in [6.45, 7) is 12.3. The van der Waals surface area contributed by atoms with Crippen LogP contribution in [0.2, 0.25) is 0 Å². The standard InChI is InChI=1S/C23H33N3O3/c1-5-28-20-10-8-19(9-11-20)14-26(18(4)17(2)3)15-22-24-21(16-29-22)23(27)25-12-6-7-13-25/h8-11,16-18H,5-7,12-15H2,1-4H3/t18-/m1/s1. The Bertz CT molecular complexity index is 779. The monoisotopic (exact) mass is 399 g/mol. The molecule has 1 aliphatic rings. The van der Waals surface area contributed by atoms with Crippen LogP contribution in [0.25, 0.3) is 0 Å². The molecule has 1 amide bonds. The molecule has 0 unspecified atom stereocenters. The zero-order chi connectivity index (χ0) is 20.8. The highest BCUT2D eigenvalue weighted by atomic mass is 16.5. The summed E-state index contributed by atoms with van der Waals surface area (Å²) in [5.41, 5.74) is 1.63. The molecule has 1 fully saturated rings. The fourth-order valence-electron chi connectivity index (χ4n) is 3.60. The van der Waals surface area contributed by atoms with Crippen LogP contribution in [0.3, 0.4) is 0 Å². The first-order valence-corrected chi connectivity index (χ1v) is 10.7. The second-order valence-corrected chi connectivity index (χ2v) is 8.09. The second-order valence-electron chi connectivity index (χ2n) is 8.09. The molecular weight excluding hydrogens is 366 g/mol. The van der Waals surface area contributed by atoms with E-state index in [1.807, 2.05) is 24.0 Å². The molecule has 29 heavy (non-hydrogen) atoms. The zero-order valence-electron chi connectivity index (χ0n) is 18.1. The fraction of sp³-hybridized carbons (Fsp3) is 0.565. The third-order valence-corrected chi connectivity index (χ3v) is 5.66. The van der Waals surface area contributed by atoms with Crippen LogP contribution in [-0.4, -0.2) is 46.4 Å². The van der Waals surface area contributed by atoms with E-state index in [1.54, 1.807) is 0 Å². The lowest BCUT2D eigenvalue weighted by molar-refractivity contribution is 0.0786. The number of nitrogens with zero attached hydrogens (tertiary/aromatic N) is 3. The van der Waals surface area contributed by atoms with Crippen LogP contribution < -0.4 is 4.74 Å². The summed E-state index contributed by atoms with van der Waals surface area (Å²) >= 11 is 0. The van der Waals surface area contributed by atoms with Gasteiger partial charge in [0.1, 0.15) is 12.0 Å². The molecule has 0 radical (unpaired) electrons. The Morgan fingerprint density at radius 3 is 2.48 bits per heavy atom. The molecule has 0 bridgehead atoms. The summed E-state index contributed by atoms with van der Waals surface area (Å²) < 4.78 is 11.2. The Kier molecular flexibility index (Phi) is 7.31. The van der Waals surface area contributed by atoms with Crippen molar-refractivity contribution >= 4 is 5.91 Å². The first kappa shape index (κ1) is 21.4. The predicted molar refractivity (Wildman–Crippen MR) is 113 cm³/mol. The molecule has 158 valence electrons. The third-order valence-electron chi connectivity index (χ3n) is 5.66. The maximum atomic E-state index is 12.5. The average Bonchev–Trinajstić information content (AvgIpc) is 3.40. The van der Waals surface area contributed by atoms with Gasteiger partial charge in [-0.2, -0.15) is 0 Å². The van der Waals surface area contributed by atoms with Gasteiger partial charge in [0, 0.05) is 25.7 Å². The van der Waals surface area contributed by atoms with Crippen molar-refractivity contribution in [3.8, 4) is 5.75 Å². The summed E-state index contributed by atoms with van der Waals surface area (Å²) in [6.07, 6.45) is 3.64. The van der Waals surface area contributed by atoms with Crippen LogP contribution in [0.4, 0.5) is 0 Å². The summed E-state index contributed by atoms with van der Waals surface area (Å²) in [5, 5.41) is 0. The van der Waals surface area contributed by atoms with Crippen LogP contribution in [0, 0.1) is 5.92 Å². The third kappa shape index (κ3) is 5.60. The molecule has 2 aromatic rings. The van der Waals surface area contributed by atoms with Crippen molar-refractivity contribution in [2.75, 3.05) is 19.7 Å². The maximum absolute atomic E-state index is 12.5. The summed E-state index contributed by atoms with van der Waals surface area (Å²) in [5.74, 6) is 1.94. The van der Waals surface area contributed by atoms with Gasteiger partial charge in [-0.15, -0.1) is 0 Å². The minimum atomic E-state index is -0.0209. The second kappa shape index (κ2) is 9.92. The number of benzene rings is 1. The molecule has 1 aromatic carbocycles. The van der Waals surface area contributed by atoms with E-state index in [2.05, 4.69) is 42.8 Å². The number of ether oxygens (including phenoxy) is 1. The van der Waals surface area contributed by atoms with Crippen molar-refractivity contribution in [1.29, 1.82) is 0 Å². The molecule has 1 aliphatic heterocycles. The van der Waals surface area contributed by atoms with Gasteiger partial charge in [0.2, 0.25) is 5.89 Å². The number of carbonyl (C=O) groups excluding carboxylic acids is 1. The number of amides is 1. The Morgan fingerprint density at radius 1 is 1.17 bits per heavy atom. The molecule has 3 rings (SSSR count). The summed E-state index contributed by atoms with van der Waals surface area (Å²) in [6, 6.07) is 8.56. The van der Waals surface area contributed by atoms with E-state index in [-0.39, 0.29) is 5.91 Å². The van der Waals surface area contributed by atoms with Crippen molar-refractivity contribution < 1.29 is 13.9 Å². The summed E-state index contributed by atoms with van der Waals surface area (Å²) in [7, 11) is 0. The van der Waals surface area contributed by atoms with Crippen LogP contribution >= 0.6 is 0 Å². The van der Waals surface area contributed by atoms with Crippen molar-refractivity contribution in [3.05, 3.63) is 47.7 Å². The molecule has 0 N–H and O–H groups in total. The highest BCUT2D eigenvalue weighted by Crippen LogP contribution is 2.20. The van der Waals surface area contributed by atoms with Crippen molar-refractivity contribution in [2.45, 2.75) is 59.7 Å². The van der Waals surface area contributed by atoms with Crippen molar-refractivity contribution in [3.63, 3.8) is 0 Å². The molecule has 0 aliphatic carbocycles. The van der Waals surface area contributed by atoms with Crippen LogP contribution in [0.1, 0.15) is 62.5 Å². The average molecular weight is 400 g/mol. The van der Waals surface area contributed by atoms with Crippen LogP contribution in [-0.2, 0) is 13.1 Å². The smallest absolute Gasteiger partial charge is 0.275 e. The van der Waals surface area contributed by atoms with Crippen molar-refractivity contribution in [1.82, 2.24) is 14.8 Å².